The number of nitrogens with zero attached hydrogens (tertiary/aromatic N) is 2. The summed E-state index contributed by atoms with van der Waals surface area (Å²) in [6.45, 7) is 13.6. The van der Waals surface area contributed by atoms with Crippen LogP contribution >= 0.6 is 0 Å². The van der Waals surface area contributed by atoms with Crippen molar-refractivity contribution >= 4 is 22.8 Å². The summed E-state index contributed by atoms with van der Waals surface area (Å²) >= 11 is 0. The van der Waals surface area contributed by atoms with Crippen molar-refractivity contribution in [1.82, 2.24) is 0 Å². The monoisotopic (exact) mass is 574 g/mol. The first kappa shape index (κ1) is 35.3. The van der Waals surface area contributed by atoms with Crippen LogP contribution < -0.4 is 0 Å². The molecule has 2 rings (SSSR count). The molecule has 0 saturated carbocycles. The van der Waals surface area contributed by atoms with E-state index in [0.29, 0.717) is 0 Å². The zero-order valence-electron chi connectivity index (χ0n) is 26.0. The molecule has 2 nitrogen and oxygen atoms in total. The van der Waals surface area contributed by atoms with E-state index in [4.69, 9.17) is 9.98 Å². The van der Waals surface area contributed by atoms with E-state index in [1.165, 1.54) is 91.5 Å². The van der Waals surface area contributed by atoms with Crippen LogP contribution in [0.15, 0.2) is 46.4 Å². The van der Waals surface area contributed by atoms with E-state index >= 15 is 0 Å². The summed E-state index contributed by atoms with van der Waals surface area (Å²) in [5.41, 5.74) is 10.4. The second-order valence-electron chi connectivity index (χ2n) is 11.0. The Morgan fingerprint density at radius 3 is 1.13 bits per heavy atom. The topological polar surface area (TPSA) is 24.7 Å². The van der Waals surface area contributed by atoms with Gasteiger partial charge in [0, 0.05) is 16.5 Å². The van der Waals surface area contributed by atoms with Gasteiger partial charge < -0.3 is 0 Å². The van der Waals surface area contributed by atoms with E-state index in [1.807, 2.05) is 0 Å². The Bertz CT molecular complexity index is 957. The smallest absolute Gasteiger partial charge is 0.0639 e. The van der Waals surface area contributed by atoms with Crippen LogP contribution in [0.25, 0.3) is 0 Å². The molecule has 2 aromatic rings. The maximum atomic E-state index is 5.39. The van der Waals surface area contributed by atoms with E-state index in [2.05, 4.69) is 77.9 Å². The van der Waals surface area contributed by atoms with Crippen LogP contribution in [0.2, 0.25) is 0 Å². The molecule has 0 radical (unpaired) electrons. The van der Waals surface area contributed by atoms with E-state index in [-0.39, 0.29) is 16.5 Å². The zero-order chi connectivity index (χ0) is 27.6. The SMILES string of the molecule is CCCCCCC(=N\c1cc(CCC)cc(CCC)c1)/C(CCCC)=N/c1cc(CCC)cc(CCC)c1.[Ni]. The van der Waals surface area contributed by atoms with Crippen LogP contribution in [0.1, 0.15) is 141 Å². The van der Waals surface area contributed by atoms with Crippen molar-refractivity contribution < 1.29 is 16.5 Å². The van der Waals surface area contributed by atoms with Crippen LogP contribution in [0.5, 0.6) is 0 Å². The molecule has 3 heteroatoms. The normalized spacial score (nSPS) is 12.1. The van der Waals surface area contributed by atoms with Crippen LogP contribution in [0, 0.1) is 0 Å². The van der Waals surface area contributed by atoms with Gasteiger partial charge in [0.2, 0.25) is 0 Å². The summed E-state index contributed by atoms with van der Waals surface area (Å²) in [5, 5.41) is 0. The number of hydrogen-bond acceptors (Lipinski definition) is 2. The molecule has 0 fully saturated rings. The molecule has 0 aliphatic rings. The van der Waals surface area contributed by atoms with Crippen molar-refractivity contribution in [3.8, 4) is 0 Å². The third-order valence-corrected chi connectivity index (χ3v) is 7.12. The number of aryl methyl sites for hydroxylation is 4. The molecule has 0 spiro atoms. The maximum absolute atomic E-state index is 5.39. The van der Waals surface area contributed by atoms with Crippen molar-refractivity contribution in [2.45, 2.75) is 144 Å². The van der Waals surface area contributed by atoms with Crippen LogP contribution in [-0.2, 0) is 42.2 Å². The molecule has 0 bridgehead atoms. The van der Waals surface area contributed by atoms with Gasteiger partial charge >= 0.3 is 0 Å². The fourth-order valence-electron chi connectivity index (χ4n) is 5.25. The molecule has 0 unspecified atom stereocenters. The Morgan fingerprint density at radius 1 is 0.436 bits per heavy atom. The molecule has 0 heterocycles. The van der Waals surface area contributed by atoms with Gasteiger partial charge in [0.25, 0.3) is 0 Å². The first-order chi connectivity index (χ1) is 18.6. The van der Waals surface area contributed by atoms with Crippen LogP contribution in [0.4, 0.5) is 11.4 Å². The summed E-state index contributed by atoms with van der Waals surface area (Å²) in [4.78, 5) is 10.8. The fraction of sp³-hybridized carbons (Fsp3) is 0.611. The van der Waals surface area contributed by atoms with Crippen molar-refractivity contribution in [1.29, 1.82) is 0 Å². The molecule has 0 aliphatic carbocycles. The van der Waals surface area contributed by atoms with Gasteiger partial charge in [-0.1, -0.05) is 105 Å². The van der Waals surface area contributed by atoms with E-state index in [9.17, 15) is 0 Å². The minimum Gasteiger partial charge on any atom is -0.252 e. The average molecular weight is 576 g/mol. The fourth-order valence-corrected chi connectivity index (χ4v) is 5.25. The summed E-state index contributed by atoms with van der Waals surface area (Å²) in [6.07, 6.45) is 18.5. The molecule has 0 N–H and O–H groups in total. The second kappa shape index (κ2) is 21.1. The number of hydrogen-bond donors (Lipinski definition) is 0. The Kier molecular flexibility index (Phi) is 19.1. The quantitative estimate of drug-likeness (QED) is 0.0904. The molecular weight excluding hydrogens is 519 g/mol. The minimum atomic E-state index is 0. The third-order valence-electron chi connectivity index (χ3n) is 7.12. The van der Waals surface area contributed by atoms with Crippen molar-refractivity contribution in [3.05, 3.63) is 58.7 Å². The predicted molar refractivity (Wildman–Crippen MR) is 171 cm³/mol. The largest absolute Gasteiger partial charge is 0.252 e. The Morgan fingerprint density at radius 2 is 0.795 bits per heavy atom. The van der Waals surface area contributed by atoms with Crippen LogP contribution in [0.3, 0.4) is 0 Å². The molecule has 0 amide bonds. The molecule has 0 saturated heterocycles. The summed E-state index contributed by atoms with van der Waals surface area (Å²) < 4.78 is 0. The van der Waals surface area contributed by atoms with E-state index in [1.54, 1.807) is 0 Å². The van der Waals surface area contributed by atoms with Gasteiger partial charge in [0.1, 0.15) is 0 Å². The van der Waals surface area contributed by atoms with E-state index in [0.717, 1.165) is 56.3 Å². The first-order valence-electron chi connectivity index (χ1n) is 16.0. The summed E-state index contributed by atoms with van der Waals surface area (Å²) in [7, 11) is 0. The van der Waals surface area contributed by atoms with Crippen molar-refractivity contribution in [2.24, 2.45) is 9.98 Å². The summed E-state index contributed by atoms with van der Waals surface area (Å²) in [6, 6.07) is 14.1. The number of aliphatic imine (C=N–C) groups is 2. The average Bonchev–Trinajstić information content (AvgIpc) is 2.89. The minimum absolute atomic E-state index is 0. The standard InChI is InChI=1S/C36H56N2.Ni/c1-7-13-15-16-22-36(38-34-27-31(19-11-5)24-32(28-34)20-12-6)35(21-14-8-2)37-33-25-29(17-9-3)23-30(26-33)18-10-4;/h23-28H,7-22H2,1-6H3;/b37-35+,38-36+;. The molecular formula is C36H56N2Ni. The Labute approximate surface area is 251 Å². The van der Waals surface area contributed by atoms with Gasteiger partial charge in [-0.3, -0.25) is 9.98 Å². The molecule has 39 heavy (non-hydrogen) atoms. The summed E-state index contributed by atoms with van der Waals surface area (Å²) in [5.74, 6) is 0. The Balaban J connectivity index is 0.00000760. The van der Waals surface area contributed by atoms with Gasteiger partial charge in [-0.25, -0.2) is 0 Å². The Hall–Kier alpha value is -1.73. The first-order valence-corrected chi connectivity index (χ1v) is 16.0. The molecule has 0 aromatic heterocycles. The van der Waals surface area contributed by atoms with Gasteiger partial charge in [-0.2, -0.15) is 0 Å². The van der Waals surface area contributed by atoms with Crippen molar-refractivity contribution in [2.75, 3.05) is 0 Å². The number of rotatable bonds is 19. The maximum Gasteiger partial charge on any atom is 0.0639 e. The van der Waals surface area contributed by atoms with Gasteiger partial charge in [-0.15, -0.1) is 0 Å². The number of benzene rings is 2. The molecule has 2 aromatic carbocycles. The molecule has 0 atom stereocenters. The number of unbranched alkanes of at least 4 members (excludes halogenated alkanes) is 4. The second-order valence-corrected chi connectivity index (χ2v) is 11.0. The van der Waals surface area contributed by atoms with E-state index < -0.39 is 0 Å². The zero-order valence-corrected chi connectivity index (χ0v) is 27.0. The van der Waals surface area contributed by atoms with Crippen LogP contribution in [-0.4, -0.2) is 11.4 Å². The predicted octanol–water partition coefficient (Wildman–Crippen LogP) is 11.5. The third kappa shape index (κ3) is 13.5. The van der Waals surface area contributed by atoms with Gasteiger partial charge in [-0.05, 0) is 97.9 Å². The van der Waals surface area contributed by atoms with Crippen molar-refractivity contribution in [3.63, 3.8) is 0 Å². The molecule has 0 aliphatic heterocycles. The van der Waals surface area contributed by atoms with Gasteiger partial charge in [0.05, 0.1) is 22.8 Å². The molecule has 220 valence electrons. The van der Waals surface area contributed by atoms with Gasteiger partial charge in [0.15, 0.2) is 0 Å².